The topological polar surface area (TPSA) is 119 Å². The molecule has 1 aliphatic rings. The fourth-order valence-corrected chi connectivity index (χ4v) is 5.18. The molecule has 0 saturated carbocycles. The Morgan fingerprint density at radius 1 is 1.21 bits per heavy atom. The van der Waals surface area contributed by atoms with Gasteiger partial charge in [0.2, 0.25) is 0 Å². The van der Waals surface area contributed by atoms with E-state index in [1.807, 2.05) is 0 Å². The summed E-state index contributed by atoms with van der Waals surface area (Å²) < 4.78 is 62.1. The number of ether oxygens (including phenoxy) is 1. The van der Waals surface area contributed by atoms with Crippen LogP contribution < -0.4 is 16.4 Å². The zero-order valence-corrected chi connectivity index (χ0v) is 21.6. The van der Waals surface area contributed by atoms with Crippen LogP contribution in [0.3, 0.4) is 0 Å². The zero-order valence-electron chi connectivity index (χ0n) is 20.7. The van der Waals surface area contributed by atoms with Gasteiger partial charge in [0.15, 0.2) is 0 Å². The molecule has 0 bridgehead atoms. The predicted octanol–water partition coefficient (Wildman–Crippen LogP) is 3.41. The average molecular weight is 503 g/mol. The Bertz CT molecular complexity index is 1040. The molecule has 0 aromatic heterocycles. The van der Waals surface area contributed by atoms with Crippen LogP contribution in [0.4, 0.5) is 19.3 Å². The summed E-state index contributed by atoms with van der Waals surface area (Å²) in [6.45, 7) is 11.7. The second kappa shape index (κ2) is 9.43. The summed E-state index contributed by atoms with van der Waals surface area (Å²) in [6, 6.07) is 3.12. The molecule has 4 N–H and O–H groups in total. The number of aryl methyl sites for hydroxylation is 2. The number of carbonyl (C=O) groups excluding carboxylic acids is 1. The van der Waals surface area contributed by atoms with Crippen LogP contribution in [0.2, 0.25) is 0 Å². The number of hydrogen-bond donors (Lipinski definition) is 2. The standard InChI is InChI=1S/C23H36F2N4O4S/c1-15-12-18(28(7)20(30)33-21(4,5)6)13-16(2)19(15)14-23(24,25)34(31,32)29-10-8-22(27,9-11-29)17(3)26/h12-13H,3,8-11,14,26-27H2,1-2,4-7H3. The summed E-state index contributed by atoms with van der Waals surface area (Å²) in [5.41, 5.74) is 11.9. The van der Waals surface area contributed by atoms with Crippen molar-refractivity contribution in [2.45, 2.75) is 70.3 Å². The molecule has 1 fully saturated rings. The lowest BCUT2D eigenvalue weighted by Gasteiger charge is -2.39. The zero-order chi connectivity index (χ0) is 26.3. The summed E-state index contributed by atoms with van der Waals surface area (Å²) in [5, 5.41) is -4.03. The SMILES string of the molecule is C=C(N)C1(N)CCN(S(=O)(=O)C(F)(F)Cc2c(C)cc(N(C)C(=O)OC(C)(C)C)cc2C)CC1. The average Bonchev–Trinajstić information content (AvgIpc) is 2.68. The van der Waals surface area contributed by atoms with Crippen LogP contribution in [0.1, 0.15) is 50.3 Å². The van der Waals surface area contributed by atoms with Gasteiger partial charge in [0, 0.05) is 31.5 Å². The highest BCUT2D eigenvalue weighted by molar-refractivity contribution is 7.90. The Balaban J connectivity index is 2.25. The van der Waals surface area contributed by atoms with E-state index < -0.39 is 38.9 Å². The van der Waals surface area contributed by atoms with E-state index in [1.54, 1.807) is 46.8 Å². The minimum absolute atomic E-state index is 0.112. The van der Waals surface area contributed by atoms with Crippen molar-refractivity contribution in [3.63, 3.8) is 0 Å². The first-order valence-electron chi connectivity index (χ1n) is 11.0. The Labute approximate surface area is 201 Å². The first-order valence-corrected chi connectivity index (χ1v) is 12.4. The number of carbonyl (C=O) groups is 1. The van der Waals surface area contributed by atoms with Gasteiger partial charge in [-0.15, -0.1) is 0 Å². The first-order chi connectivity index (χ1) is 15.3. The van der Waals surface area contributed by atoms with Gasteiger partial charge < -0.3 is 16.2 Å². The number of nitrogens with zero attached hydrogens (tertiary/aromatic N) is 2. The van der Waals surface area contributed by atoms with Gasteiger partial charge in [-0.3, -0.25) is 4.90 Å². The summed E-state index contributed by atoms with van der Waals surface area (Å²) in [5.74, 6) is 0. The number of halogens is 2. The molecule has 8 nitrogen and oxygen atoms in total. The van der Waals surface area contributed by atoms with E-state index >= 15 is 8.78 Å². The molecular weight excluding hydrogens is 466 g/mol. The summed E-state index contributed by atoms with van der Waals surface area (Å²) in [6.07, 6.45) is -1.35. The molecule has 11 heteroatoms. The molecule has 1 amide bonds. The lowest BCUT2D eigenvalue weighted by molar-refractivity contribution is 0.0589. The molecule has 0 atom stereocenters. The highest BCUT2D eigenvalue weighted by atomic mass is 32.2. The monoisotopic (exact) mass is 502 g/mol. The Kier molecular flexibility index (Phi) is 7.76. The van der Waals surface area contributed by atoms with Crippen molar-refractivity contribution >= 4 is 21.8 Å². The van der Waals surface area contributed by atoms with E-state index in [0.717, 1.165) is 4.31 Å². The number of nitrogens with two attached hydrogens (primary N) is 2. The molecule has 0 spiro atoms. The maximum Gasteiger partial charge on any atom is 0.414 e. The first kappa shape index (κ1) is 28.0. The van der Waals surface area contributed by atoms with Crippen LogP contribution in [-0.4, -0.2) is 55.3 Å². The molecule has 192 valence electrons. The smallest absolute Gasteiger partial charge is 0.414 e. The van der Waals surface area contributed by atoms with Gasteiger partial charge in [0.1, 0.15) is 5.60 Å². The summed E-state index contributed by atoms with van der Waals surface area (Å²) in [4.78, 5) is 13.6. The molecular formula is C23H36F2N4O4S. The Hall–Kier alpha value is -2.24. The summed E-state index contributed by atoms with van der Waals surface area (Å²) in [7, 11) is -3.42. The van der Waals surface area contributed by atoms with Crippen molar-refractivity contribution in [3.8, 4) is 0 Å². The van der Waals surface area contributed by atoms with E-state index in [2.05, 4.69) is 6.58 Å². The van der Waals surface area contributed by atoms with Crippen molar-refractivity contribution in [3.05, 3.63) is 41.1 Å². The van der Waals surface area contributed by atoms with E-state index in [4.69, 9.17) is 16.2 Å². The van der Waals surface area contributed by atoms with Crippen LogP contribution in [0.25, 0.3) is 0 Å². The van der Waals surface area contributed by atoms with Gasteiger partial charge in [0.05, 0.1) is 12.0 Å². The third-order valence-corrected chi connectivity index (χ3v) is 8.03. The van der Waals surface area contributed by atoms with Gasteiger partial charge in [-0.25, -0.2) is 13.2 Å². The highest BCUT2D eigenvalue weighted by Gasteiger charge is 2.51. The number of anilines is 1. The molecule has 1 saturated heterocycles. The molecule has 2 rings (SSSR count). The fourth-order valence-electron chi connectivity index (χ4n) is 3.81. The lowest BCUT2D eigenvalue weighted by atomic mass is 9.87. The molecule has 34 heavy (non-hydrogen) atoms. The van der Waals surface area contributed by atoms with Gasteiger partial charge in [-0.1, -0.05) is 6.58 Å². The maximum absolute atomic E-state index is 15.2. The molecule has 0 aliphatic carbocycles. The summed E-state index contributed by atoms with van der Waals surface area (Å²) >= 11 is 0. The number of piperidine rings is 1. The van der Waals surface area contributed by atoms with Crippen molar-refractivity contribution in [2.24, 2.45) is 11.5 Å². The highest BCUT2D eigenvalue weighted by Crippen LogP contribution is 2.36. The number of rotatable bonds is 6. The molecule has 1 heterocycles. The van der Waals surface area contributed by atoms with E-state index in [-0.39, 0.29) is 37.2 Å². The van der Waals surface area contributed by atoms with Crippen molar-refractivity contribution < 1.29 is 26.7 Å². The third kappa shape index (κ3) is 5.87. The van der Waals surface area contributed by atoms with E-state index in [1.165, 1.54) is 11.9 Å². The molecule has 1 aliphatic heterocycles. The van der Waals surface area contributed by atoms with Crippen molar-refractivity contribution in [1.29, 1.82) is 0 Å². The third-order valence-electron chi connectivity index (χ3n) is 6.09. The largest absolute Gasteiger partial charge is 0.443 e. The van der Waals surface area contributed by atoms with Gasteiger partial charge in [0.25, 0.3) is 10.0 Å². The second-order valence-electron chi connectivity index (χ2n) is 10.00. The van der Waals surface area contributed by atoms with Crippen LogP contribution in [0.15, 0.2) is 24.4 Å². The number of sulfonamides is 1. The Morgan fingerprint density at radius 3 is 2.09 bits per heavy atom. The van der Waals surface area contributed by atoms with Crippen LogP contribution in [0, 0.1) is 13.8 Å². The normalized spacial score (nSPS) is 17.3. The molecule has 1 aromatic carbocycles. The van der Waals surface area contributed by atoms with E-state index in [0.29, 0.717) is 16.8 Å². The van der Waals surface area contributed by atoms with Crippen LogP contribution >= 0.6 is 0 Å². The predicted molar refractivity (Wildman–Crippen MR) is 129 cm³/mol. The Morgan fingerprint density at radius 2 is 1.68 bits per heavy atom. The van der Waals surface area contributed by atoms with Crippen molar-refractivity contribution in [2.75, 3.05) is 25.0 Å². The van der Waals surface area contributed by atoms with E-state index in [9.17, 15) is 13.2 Å². The van der Waals surface area contributed by atoms with Crippen molar-refractivity contribution in [1.82, 2.24) is 4.31 Å². The van der Waals surface area contributed by atoms with Gasteiger partial charge in [-0.2, -0.15) is 13.1 Å². The molecule has 1 aromatic rings. The number of amides is 1. The number of hydrogen-bond acceptors (Lipinski definition) is 6. The molecule has 0 radical (unpaired) electrons. The maximum atomic E-state index is 15.2. The second-order valence-corrected chi connectivity index (χ2v) is 12.1. The number of alkyl halides is 2. The van der Waals surface area contributed by atoms with Crippen LogP contribution in [-0.2, 0) is 21.2 Å². The fraction of sp³-hybridized carbons (Fsp3) is 0.609. The number of benzene rings is 1. The quantitative estimate of drug-likeness (QED) is 0.615. The molecule has 0 unspecified atom stereocenters. The minimum Gasteiger partial charge on any atom is -0.443 e. The van der Waals surface area contributed by atoms with Crippen LogP contribution in [0.5, 0.6) is 0 Å². The van der Waals surface area contributed by atoms with Gasteiger partial charge >= 0.3 is 11.3 Å². The lowest BCUT2D eigenvalue weighted by Crippen LogP contribution is -2.56. The van der Waals surface area contributed by atoms with Gasteiger partial charge in [-0.05, 0) is 76.3 Å². The minimum atomic E-state index is -4.94.